The van der Waals surface area contributed by atoms with E-state index in [0.717, 1.165) is 0 Å². The molecule has 0 aliphatic heterocycles. The minimum atomic E-state index is -0.833. The molecular weight excluding hydrogens is 162 g/mol. The van der Waals surface area contributed by atoms with Crippen LogP contribution in [0.1, 0.15) is 25.1 Å². The second-order valence-electron chi connectivity index (χ2n) is 2.94. The molecule has 0 saturated carbocycles. The predicted molar refractivity (Wildman–Crippen MR) is 50.5 cm³/mol. The second-order valence-corrected chi connectivity index (χ2v) is 2.94. The van der Waals surface area contributed by atoms with Gasteiger partial charge in [-0.25, -0.2) is 9.59 Å². The topological polar surface area (TPSA) is 121 Å². The number of primary amides is 3. The summed E-state index contributed by atoms with van der Waals surface area (Å²) in [5.41, 5.74) is 12.8. The van der Waals surface area contributed by atoms with Crippen LogP contribution >= 0.6 is 0 Å². The third-order valence-corrected chi connectivity index (χ3v) is 0.407. The molecule has 12 heavy (non-hydrogen) atoms. The average Bonchev–Trinajstić information content (AvgIpc) is 1.52. The molecule has 0 spiro atoms. The minimum absolute atomic E-state index is 0. The van der Waals surface area contributed by atoms with Crippen molar-refractivity contribution in [1.29, 1.82) is 0 Å². The van der Waals surface area contributed by atoms with Gasteiger partial charge >= 0.3 is 12.1 Å². The van der Waals surface area contributed by atoms with Crippen molar-refractivity contribution in [3.8, 4) is 0 Å². The average molecular weight is 183 g/mol. The zero-order valence-corrected chi connectivity index (χ0v) is 7.46. The van der Waals surface area contributed by atoms with Gasteiger partial charge in [-0.3, -0.25) is 0 Å². The molecule has 0 bridgehead atoms. The molecule has 6 N–H and O–H groups in total. The van der Waals surface area contributed by atoms with Gasteiger partial charge in [-0.1, -0.05) is 0 Å². The van der Waals surface area contributed by atoms with Gasteiger partial charge < -0.3 is 21.9 Å². The highest BCUT2D eigenvalue weighted by molar-refractivity contribution is 5.69. The summed E-state index contributed by atoms with van der Waals surface area (Å²) in [5, 5.41) is 0. The van der Waals surface area contributed by atoms with Gasteiger partial charge in [-0.05, 0) is 20.8 Å². The van der Waals surface area contributed by atoms with Crippen molar-refractivity contribution in [3.63, 3.8) is 0 Å². The number of hydrogen-bond donors (Lipinski definition) is 3. The molecule has 0 atom stereocenters. The number of urea groups is 1. The number of carbonyl (C=O) groups excluding carboxylic acids is 2. The number of nitrogens with two attached hydrogens (primary N) is 3. The van der Waals surface area contributed by atoms with Crippen molar-refractivity contribution >= 4 is 12.1 Å². The normalized spacial score (nSPS) is 9.25. The van der Waals surface area contributed by atoms with E-state index in [0.29, 0.717) is 0 Å². The Morgan fingerprint density at radius 2 is 1.42 bits per heavy atom. The van der Waals surface area contributed by atoms with Gasteiger partial charge in [-0.15, -0.1) is 0 Å². The summed E-state index contributed by atoms with van der Waals surface area (Å²) in [5.74, 6) is 0. The fourth-order valence-corrected chi connectivity index (χ4v) is 0.302. The second kappa shape index (κ2) is 5.22. The van der Waals surface area contributed by atoms with Gasteiger partial charge in [0.05, 0.1) is 0 Å². The van der Waals surface area contributed by atoms with Crippen molar-refractivity contribution in [1.82, 2.24) is 0 Å². The van der Waals surface area contributed by atoms with Crippen LogP contribution in [0.2, 0.25) is 0 Å². The van der Waals surface area contributed by atoms with E-state index in [9.17, 15) is 4.79 Å². The Balaban J connectivity index is -0.0000000424. The fraction of sp³-hybridized carbons (Fsp3) is 0.667. The van der Waals surface area contributed by atoms with Gasteiger partial charge in [0.1, 0.15) is 5.60 Å². The highest BCUT2D eigenvalue weighted by Crippen LogP contribution is 2.04. The van der Waals surface area contributed by atoms with E-state index in [1.807, 2.05) is 0 Å². The summed E-state index contributed by atoms with van der Waals surface area (Å²) >= 11 is 0. The van der Waals surface area contributed by atoms with Crippen LogP contribution in [0, 0.1) is 0 Å². The van der Waals surface area contributed by atoms with Crippen LogP contribution in [0.3, 0.4) is 0 Å². The highest BCUT2D eigenvalue weighted by Gasteiger charge is 2.12. The van der Waals surface area contributed by atoms with E-state index in [1.165, 1.54) is 0 Å². The largest absolute Gasteiger partial charge is 0.444 e. The first-order chi connectivity index (χ1) is 5.15. The Bertz CT molecular complexity index is 169. The third-order valence-electron chi connectivity index (χ3n) is 0.407. The minimum Gasteiger partial charge on any atom is -0.444 e. The number of hydrogen-bond acceptors (Lipinski definition) is 3. The molecule has 0 aromatic rings. The maximum Gasteiger partial charge on any atom is 0.405 e. The molecule has 0 saturated heterocycles. The number of carbonyl (C=O) groups is 2. The van der Waals surface area contributed by atoms with E-state index in [2.05, 4.69) is 16.2 Å². The van der Waals surface area contributed by atoms with Crippen LogP contribution in [0.15, 0.2) is 0 Å². The standard InChI is InChI=1S/C5H11NO2.CH4N2O.3H2/c1-5(2,3)8-4(6)7;2-1(3)4;;;/h1-3H3,(H2,6,7);(H4,2,3,4);3*1H. The molecule has 6 nitrogen and oxygen atoms in total. The zero-order valence-electron chi connectivity index (χ0n) is 7.46. The Morgan fingerprint density at radius 3 is 1.42 bits per heavy atom. The summed E-state index contributed by atoms with van der Waals surface area (Å²) in [4.78, 5) is 19.0. The fourth-order valence-electron chi connectivity index (χ4n) is 0.302. The van der Waals surface area contributed by atoms with E-state index in [-0.39, 0.29) is 4.28 Å². The van der Waals surface area contributed by atoms with Crippen molar-refractivity contribution in [3.05, 3.63) is 0 Å². The molecular formula is C6H21N3O3. The van der Waals surface area contributed by atoms with Gasteiger partial charge in [0, 0.05) is 4.28 Å². The van der Waals surface area contributed by atoms with Crippen LogP contribution in [-0.2, 0) is 4.74 Å². The van der Waals surface area contributed by atoms with Gasteiger partial charge in [-0.2, -0.15) is 0 Å². The highest BCUT2D eigenvalue weighted by atomic mass is 16.6. The van der Waals surface area contributed by atoms with E-state index >= 15 is 0 Å². The summed E-state index contributed by atoms with van der Waals surface area (Å²) < 4.78 is 4.58. The van der Waals surface area contributed by atoms with Crippen molar-refractivity contribution < 1.29 is 18.6 Å². The molecule has 0 aliphatic carbocycles. The lowest BCUT2D eigenvalue weighted by Crippen LogP contribution is -2.27. The molecule has 0 fully saturated rings. The van der Waals surface area contributed by atoms with Crippen molar-refractivity contribution in [2.24, 2.45) is 17.2 Å². The van der Waals surface area contributed by atoms with Gasteiger partial charge in [0.15, 0.2) is 0 Å². The third kappa shape index (κ3) is 38.7. The lowest BCUT2D eigenvalue weighted by Gasteiger charge is -2.16. The zero-order chi connectivity index (χ0) is 10.4. The first kappa shape index (κ1) is 13.2. The van der Waals surface area contributed by atoms with Crippen LogP contribution in [0.4, 0.5) is 9.59 Å². The molecule has 0 unspecified atom stereocenters. The lowest BCUT2D eigenvalue weighted by molar-refractivity contribution is 0.0600. The van der Waals surface area contributed by atoms with Gasteiger partial charge in [0.25, 0.3) is 0 Å². The van der Waals surface area contributed by atoms with Crippen LogP contribution < -0.4 is 17.2 Å². The maximum atomic E-state index is 10.0. The molecule has 3 amide bonds. The van der Waals surface area contributed by atoms with Crippen LogP contribution in [0.25, 0.3) is 0 Å². The summed E-state index contributed by atoms with van der Waals surface area (Å²) in [6.07, 6.45) is -0.725. The van der Waals surface area contributed by atoms with E-state index in [4.69, 9.17) is 10.5 Å². The predicted octanol–water partition coefficient (Wildman–Crippen LogP) is 0.642. The van der Waals surface area contributed by atoms with Crippen molar-refractivity contribution in [2.75, 3.05) is 0 Å². The molecule has 0 rings (SSSR count). The Labute approximate surface area is 75.5 Å². The molecule has 0 aromatic carbocycles. The molecule has 6 heteroatoms. The Morgan fingerprint density at radius 1 is 1.17 bits per heavy atom. The van der Waals surface area contributed by atoms with Crippen LogP contribution in [-0.4, -0.2) is 17.7 Å². The van der Waals surface area contributed by atoms with Crippen LogP contribution in [0.5, 0.6) is 0 Å². The van der Waals surface area contributed by atoms with E-state index in [1.54, 1.807) is 20.8 Å². The summed E-state index contributed by atoms with van der Waals surface area (Å²) in [6.45, 7) is 5.28. The molecule has 0 radical (unpaired) electrons. The Hall–Kier alpha value is -1.46. The number of amides is 3. The quantitative estimate of drug-likeness (QED) is 0.510. The number of rotatable bonds is 0. The lowest BCUT2D eigenvalue weighted by atomic mass is 10.2. The first-order valence-electron chi connectivity index (χ1n) is 3.18. The first-order valence-corrected chi connectivity index (χ1v) is 3.18. The molecule has 0 aromatic heterocycles. The van der Waals surface area contributed by atoms with Gasteiger partial charge in [0.2, 0.25) is 0 Å². The molecule has 78 valence electrons. The molecule has 0 aliphatic rings. The number of ether oxygens (including phenoxy) is 1. The smallest absolute Gasteiger partial charge is 0.405 e. The maximum absolute atomic E-state index is 10.0. The SMILES string of the molecule is CC(C)(C)OC(N)=O.NC(N)=O.[HH].[HH].[HH]. The van der Waals surface area contributed by atoms with E-state index < -0.39 is 17.7 Å². The monoisotopic (exact) mass is 183 g/mol. The Kier molecular flexibility index (Phi) is 5.73. The summed E-state index contributed by atoms with van der Waals surface area (Å²) in [7, 11) is 0. The molecule has 0 heterocycles. The van der Waals surface area contributed by atoms with Crippen molar-refractivity contribution in [2.45, 2.75) is 26.4 Å². The summed E-state index contributed by atoms with van der Waals surface area (Å²) in [6, 6.07) is -0.833.